The van der Waals surface area contributed by atoms with Crippen LogP contribution in [0.25, 0.3) is 0 Å². The summed E-state index contributed by atoms with van der Waals surface area (Å²) in [5, 5.41) is 8.60. The van der Waals surface area contributed by atoms with Gasteiger partial charge in [0.05, 0.1) is 0 Å². The normalized spacial score (nSPS) is 11.1. The molecule has 3 heteroatoms. The van der Waals surface area contributed by atoms with Gasteiger partial charge in [-0.2, -0.15) is 0 Å². The topological polar surface area (TPSA) is 46.5 Å². The van der Waals surface area contributed by atoms with Crippen LogP contribution in [0.5, 0.6) is 0 Å². The molecule has 10 heavy (non-hydrogen) atoms. The lowest BCUT2D eigenvalue weighted by molar-refractivity contribution is -0.150. The fourth-order valence-corrected chi connectivity index (χ4v) is 0.300. The van der Waals surface area contributed by atoms with E-state index >= 15 is 0 Å². The minimum Gasteiger partial charge on any atom is -0.451 e. The van der Waals surface area contributed by atoms with Gasteiger partial charge in [-0.05, 0) is 13.8 Å². The number of carbonyl (C=O) groups is 1. The van der Waals surface area contributed by atoms with Gasteiger partial charge in [-0.25, -0.2) is 4.79 Å². The maximum atomic E-state index is 10.5. The second-order valence-corrected chi connectivity index (χ2v) is 1.71. The van der Waals surface area contributed by atoms with Crippen molar-refractivity contribution in [3.05, 3.63) is 0 Å². The van der Waals surface area contributed by atoms with Crippen molar-refractivity contribution in [1.82, 2.24) is 0 Å². The zero-order chi connectivity index (χ0) is 7.98. The number of rotatable bonds is 2. The van der Waals surface area contributed by atoms with Crippen molar-refractivity contribution < 1.29 is 14.6 Å². The van der Waals surface area contributed by atoms with E-state index in [0.717, 1.165) is 0 Å². The summed E-state index contributed by atoms with van der Waals surface area (Å²) < 4.78 is 4.48. The highest BCUT2D eigenvalue weighted by Gasteiger charge is 2.07. The Bertz CT molecular complexity index is 161. The van der Waals surface area contributed by atoms with E-state index in [0.29, 0.717) is 0 Å². The largest absolute Gasteiger partial charge is 0.451 e. The predicted octanol–water partition coefficient (Wildman–Crippen LogP) is -0.0663. The van der Waals surface area contributed by atoms with Gasteiger partial charge in [0, 0.05) is 0 Å². The fraction of sp³-hybridized carbons (Fsp3) is 0.571. The number of ether oxygens (including phenoxy) is 1. The summed E-state index contributed by atoms with van der Waals surface area (Å²) in [6.45, 7) is 3.05. The first kappa shape index (κ1) is 8.99. The van der Waals surface area contributed by atoms with E-state index in [9.17, 15) is 4.79 Å². The molecule has 0 amide bonds. The Morgan fingerprint density at radius 2 is 2.40 bits per heavy atom. The molecule has 0 aliphatic carbocycles. The highest BCUT2D eigenvalue weighted by molar-refractivity contribution is 5.73. The van der Waals surface area contributed by atoms with Crippen LogP contribution in [-0.4, -0.2) is 23.8 Å². The summed E-state index contributed by atoms with van der Waals surface area (Å²) in [5.74, 6) is 4.45. The SMILES string of the molecule is CC#CCOC(=O)C(C)O. The molecule has 0 aliphatic heterocycles. The molecule has 0 bridgehead atoms. The van der Waals surface area contributed by atoms with Crippen molar-refractivity contribution in [3.63, 3.8) is 0 Å². The molecule has 0 heterocycles. The summed E-state index contributed by atoms with van der Waals surface area (Å²) in [4.78, 5) is 10.5. The summed E-state index contributed by atoms with van der Waals surface area (Å²) in [6.07, 6.45) is -1.06. The minimum atomic E-state index is -1.06. The summed E-state index contributed by atoms with van der Waals surface area (Å²) in [7, 11) is 0. The molecule has 0 aliphatic rings. The quantitative estimate of drug-likeness (QED) is 0.433. The zero-order valence-electron chi connectivity index (χ0n) is 6.05. The molecule has 0 saturated heterocycles. The number of esters is 1. The van der Waals surface area contributed by atoms with Crippen LogP contribution in [0.15, 0.2) is 0 Å². The summed E-state index contributed by atoms with van der Waals surface area (Å²) in [6, 6.07) is 0. The van der Waals surface area contributed by atoms with Gasteiger partial charge in [-0.3, -0.25) is 0 Å². The molecule has 0 aromatic heterocycles. The summed E-state index contributed by atoms with van der Waals surface area (Å²) >= 11 is 0. The van der Waals surface area contributed by atoms with Gasteiger partial charge in [-0.1, -0.05) is 5.92 Å². The third-order valence-corrected chi connectivity index (χ3v) is 0.804. The van der Waals surface area contributed by atoms with Crippen molar-refractivity contribution in [1.29, 1.82) is 0 Å². The van der Waals surface area contributed by atoms with E-state index in [1.54, 1.807) is 6.92 Å². The second-order valence-electron chi connectivity index (χ2n) is 1.71. The lowest BCUT2D eigenvalue weighted by atomic mass is 10.4. The molecule has 1 N–H and O–H groups in total. The first-order valence-electron chi connectivity index (χ1n) is 2.92. The predicted molar refractivity (Wildman–Crippen MR) is 36.1 cm³/mol. The lowest BCUT2D eigenvalue weighted by Crippen LogP contribution is -2.19. The van der Waals surface area contributed by atoms with Gasteiger partial charge in [0.2, 0.25) is 0 Å². The van der Waals surface area contributed by atoms with Crippen LogP contribution in [-0.2, 0) is 9.53 Å². The molecule has 56 valence electrons. The molecule has 3 nitrogen and oxygen atoms in total. The lowest BCUT2D eigenvalue weighted by Gasteiger charge is -2.00. The molecule has 0 rings (SSSR count). The Morgan fingerprint density at radius 3 is 2.80 bits per heavy atom. The van der Waals surface area contributed by atoms with E-state index in [1.165, 1.54) is 6.92 Å². The van der Waals surface area contributed by atoms with Crippen molar-refractivity contribution in [2.24, 2.45) is 0 Å². The van der Waals surface area contributed by atoms with E-state index in [1.807, 2.05) is 0 Å². The van der Waals surface area contributed by atoms with Gasteiger partial charge in [0.1, 0.15) is 6.10 Å². The molecule has 0 aromatic carbocycles. The molecule has 0 saturated carbocycles. The standard InChI is InChI=1S/C7H10O3/c1-3-4-5-10-7(9)6(2)8/h6,8H,5H2,1-2H3. The first-order valence-corrected chi connectivity index (χ1v) is 2.92. The highest BCUT2D eigenvalue weighted by Crippen LogP contribution is 1.84. The molecular weight excluding hydrogens is 132 g/mol. The van der Waals surface area contributed by atoms with Crippen molar-refractivity contribution in [3.8, 4) is 11.8 Å². The van der Waals surface area contributed by atoms with E-state index in [4.69, 9.17) is 5.11 Å². The van der Waals surface area contributed by atoms with Gasteiger partial charge in [0.25, 0.3) is 0 Å². The molecule has 0 fully saturated rings. The molecule has 1 unspecified atom stereocenters. The van der Waals surface area contributed by atoms with Crippen molar-refractivity contribution in [2.75, 3.05) is 6.61 Å². The van der Waals surface area contributed by atoms with E-state index < -0.39 is 12.1 Å². The van der Waals surface area contributed by atoms with Gasteiger partial charge in [0.15, 0.2) is 6.61 Å². The van der Waals surface area contributed by atoms with Crippen molar-refractivity contribution in [2.45, 2.75) is 20.0 Å². The van der Waals surface area contributed by atoms with Crippen LogP contribution in [0.2, 0.25) is 0 Å². The van der Waals surface area contributed by atoms with E-state index in [2.05, 4.69) is 16.6 Å². The van der Waals surface area contributed by atoms with E-state index in [-0.39, 0.29) is 6.61 Å². The number of carbonyl (C=O) groups excluding carboxylic acids is 1. The maximum absolute atomic E-state index is 10.5. The third-order valence-electron chi connectivity index (χ3n) is 0.804. The molecule has 1 atom stereocenters. The van der Waals surface area contributed by atoms with Crippen LogP contribution in [0, 0.1) is 11.8 Å². The Hall–Kier alpha value is -1.01. The smallest absolute Gasteiger partial charge is 0.335 e. The van der Waals surface area contributed by atoms with Gasteiger partial charge < -0.3 is 9.84 Å². The fourth-order valence-electron chi connectivity index (χ4n) is 0.300. The average molecular weight is 142 g/mol. The second kappa shape index (κ2) is 4.83. The van der Waals surface area contributed by atoms with Crippen LogP contribution in [0.1, 0.15) is 13.8 Å². The monoisotopic (exact) mass is 142 g/mol. The molecule has 0 spiro atoms. The number of hydrogen-bond donors (Lipinski definition) is 1. The minimum absolute atomic E-state index is 0.0558. The zero-order valence-corrected chi connectivity index (χ0v) is 6.05. The van der Waals surface area contributed by atoms with Gasteiger partial charge >= 0.3 is 5.97 Å². The van der Waals surface area contributed by atoms with Gasteiger partial charge in [-0.15, -0.1) is 5.92 Å². The number of aliphatic hydroxyl groups is 1. The summed E-state index contributed by atoms with van der Waals surface area (Å²) in [5.41, 5.74) is 0. The first-order chi connectivity index (χ1) is 4.68. The van der Waals surface area contributed by atoms with Crippen LogP contribution in [0.3, 0.4) is 0 Å². The Labute approximate surface area is 60.0 Å². The number of hydrogen-bond acceptors (Lipinski definition) is 3. The molecule has 0 radical (unpaired) electrons. The maximum Gasteiger partial charge on any atom is 0.335 e. The highest BCUT2D eigenvalue weighted by atomic mass is 16.5. The Morgan fingerprint density at radius 1 is 1.80 bits per heavy atom. The average Bonchev–Trinajstić information content (AvgIpc) is 1.88. The van der Waals surface area contributed by atoms with Crippen LogP contribution >= 0.6 is 0 Å². The molecule has 0 aromatic rings. The Balaban J connectivity index is 3.47. The van der Waals surface area contributed by atoms with Crippen molar-refractivity contribution >= 4 is 5.97 Å². The Kier molecular flexibility index (Phi) is 4.34. The van der Waals surface area contributed by atoms with Crippen LogP contribution < -0.4 is 0 Å². The van der Waals surface area contributed by atoms with Crippen LogP contribution in [0.4, 0.5) is 0 Å². The number of aliphatic hydroxyl groups excluding tert-OH is 1. The third kappa shape index (κ3) is 3.93. The molecular formula is C7H10O3.